The Kier molecular flexibility index (Phi) is 3.75. The lowest BCUT2D eigenvalue weighted by atomic mass is 10.2. The zero-order chi connectivity index (χ0) is 12.5. The Bertz CT molecular complexity index is 498. The number of imidazole rings is 1. The molecule has 0 radical (unpaired) electrons. The van der Waals surface area contributed by atoms with E-state index in [1.807, 2.05) is 7.05 Å². The molecule has 1 atom stereocenters. The van der Waals surface area contributed by atoms with Gasteiger partial charge in [-0.1, -0.05) is 11.6 Å². The summed E-state index contributed by atoms with van der Waals surface area (Å²) in [5, 5.41) is 3.47. The topological polar surface area (TPSA) is 64.0 Å². The van der Waals surface area contributed by atoms with Crippen LogP contribution >= 0.6 is 11.6 Å². The molecule has 0 bridgehead atoms. The number of nitrogens with one attached hydrogen (secondary N) is 1. The third-order valence-corrected chi connectivity index (χ3v) is 5.77. The monoisotopic (exact) mass is 277 g/mol. The van der Waals surface area contributed by atoms with Gasteiger partial charge in [-0.2, -0.15) is 0 Å². The first-order chi connectivity index (χ1) is 8.00. The lowest BCUT2D eigenvalue weighted by Crippen LogP contribution is -2.30. The zero-order valence-corrected chi connectivity index (χ0v) is 11.3. The Morgan fingerprint density at radius 2 is 2.41 bits per heavy atom. The van der Waals surface area contributed by atoms with Crippen molar-refractivity contribution in [2.24, 2.45) is 7.05 Å². The van der Waals surface area contributed by atoms with Crippen LogP contribution in [-0.4, -0.2) is 35.5 Å². The summed E-state index contributed by atoms with van der Waals surface area (Å²) in [6, 6.07) is 0. The molecule has 2 heterocycles. The maximum atomic E-state index is 11.6. The second-order valence-electron chi connectivity index (χ2n) is 4.32. The highest BCUT2D eigenvalue weighted by Crippen LogP contribution is 2.19. The molecule has 0 saturated carbocycles. The van der Waals surface area contributed by atoms with Crippen molar-refractivity contribution in [1.29, 1.82) is 0 Å². The standard InChI is InChI=1S/C10H16ClN3O2S/c1-14-9(11)6-13-10(14)7-12-5-8-3-2-4-17(8,15)16/h6,8,12H,2-5,7H2,1H3. The van der Waals surface area contributed by atoms with Crippen molar-refractivity contribution in [2.75, 3.05) is 12.3 Å². The predicted octanol–water partition coefficient (Wildman–Crippen LogP) is 0.740. The average Bonchev–Trinajstić information content (AvgIpc) is 2.75. The van der Waals surface area contributed by atoms with Gasteiger partial charge in [0.1, 0.15) is 11.0 Å². The Morgan fingerprint density at radius 1 is 1.65 bits per heavy atom. The molecule has 0 aliphatic carbocycles. The summed E-state index contributed by atoms with van der Waals surface area (Å²) in [5.74, 6) is 1.14. The highest BCUT2D eigenvalue weighted by Gasteiger charge is 2.30. The number of rotatable bonds is 4. The Balaban J connectivity index is 1.86. The normalized spacial score (nSPS) is 23.1. The summed E-state index contributed by atoms with van der Waals surface area (Å²) >= 11 is 5.86. The largest absolute Gasteiger partial charge is 0.321 e. The van der Waals surface area contributed by atoms with Gasteiger partial charge in [-0.25, -0.2) is 13.4 Å². The van der Waals surface area contributed by atoms with Crippen LogP contribution in [0.3, 0.4) is 0 Å². The first-order valence-electron chi connectivity index (χ1n) is 5.59. The van der Waals surface area contributed by atoms with Crippen LogP contribution in [0.4, 0.5) is 0 Å². The quantitative estimate of drug-likeness (QED) is 0.882. The van der Waals surface area contributed by atoms with Crippen LogP contribution in [0.25, 0.3) is 0 Å². The molecule has 5 nitrogen and oxygen atoms in total. The van der Waals surface area contributed by atoms with E-state index in [2.05, 4.69) is 10.3 Å². The summed E-state index contributed by atoms with van der Waals surface area (Å²) in [5.41, 5.74) is 0. The van der Waals surface area contributed by atoms with E-state index in [-0.39, 0.29) is 5.25 Å². The van der Waals surface area contributed by atoms with Crippen molar-refractivity contribution in [3.05, 3.63) is 17.2 Å². The molecule has 96 valence electrons. The highest BCUT2D eigenvalue weighted by molar-refractivity contribution is 7.92. The highest BCUT2D eigenvalue weighted by atomic mass is 35.5. The Morgan fingerprint density at radius 3 is 2.94 bits per heavy atom. The van der Waals surface area contributed by atoms with E-state index < -0.39 is 9.84 Å². The van der Waals surface area contributed by atoms with Crippen LogP contribution in [0, 0.1) is 0 Å². The summed E-state index contributed by atoms with van der Waals surface area (Å²) in [6.45, 7) is 1.03. The van der Waals surface area contributed by atoms with Crippen LogP contribution in [0.15, 0.2) is 6.20 Å². The molecule has 0 spiro atoms. The van der Waals surface area contributed by atoms with E-state index in [9.17, 15) is 8.42 Å². The van der Waals surface area contributed by atoms with Crippen LogP contribution in [0.1, 0.15) is 18.7 Å². The fourth-order valence-corrected chi connectivity index (χ4v) is 3.97. The minimum atomic E-state index is -2.86. The van der Waals surface area contributed by atoms with Crippen molar-refractivity contribution < 1.29 is 8.42 Å². The van der Waals surface area contributed by atoms with Gasteiger partial charge in [0.05, 0.1) is 23.7 Å². The third kappa shape index (κ3) is 2.81. The molecule has 1 fully saturated rings. The van der Waals surface area contributed by atoms with E-state index in [1.54, 1.807) is 10.8 Å². The van der Waals surface area contributed by atoms with Gasteiger partial charge in [-0.05, 0) is 12.8 Å². The number of sulfone groups is 1. The zero-order valence-electron chi connectivity index (χ0n) is 9.69. The molecule has 7 heteroatoms. The van der Waals surface area contributed by atoms with Crippen LogP contribution in [0.5, 0.6) is 0 Å². The molecule has 1 unspecified atom stereocenters. The average molecular weight is 278 g/mol. The number of hydrogen-bond donors (Lipinski definition) is 1. The summed E-state index contributed by atoms with van der Waals surface area (Å²) < 4.78 is 25.0. The van der Waals surface area contributed by atoms with E-state index in [0.29, 0.717) is 24.0 Å². The molecular formula is C10H16ClN3O2S. The van der Waals surface area contributed by atoms with Crippen molar-refractivity contribution >= 4 is 21.4 Å². The van der Waals surface area contributed by atoms with Gasteiger partial charge >= 0.3 is 0 Å². The van der Waals surface area contributed by atoms with Crippen molar-refractivity contribution in [2.45, 2.75) is 24.6 Å². The molecule has 2 rings (SSSR count). The molecule has 17 heavy (non-hydrogen) atoms. The van der Waals surface area contributed by atoms with Crippen LogP contribution < -0.4 is 5.32 Å². The molecule has 0 aromatic carbocycles. The molecular weight excluding hydrogens is 262 g/mol. The van der Waals surface area contributed by atoms with E-state index >= 15 is 0 Å². The number of aromatic nitrogens is 2. The van der Waals surface area contributed by atoms with Gasteiger partial charge in [0.25, 0.3) is 0 Å². The number of halogens is 1. The fourth-order valence-electron chi connectivity index (χ4n) is 2.02. The van der Waals surface area contributed by atoms with E-state index in [4.69, 9.17) is 11.6 Å². The second kappa shape index (κ2) is 4.96. The SMILES string of the molecule is Cn1c(Cl)cnc1CNCC1CCCS1(=O)=O. The number of nitrogens with zero attached hydrogens (tertiary/aromatic N) is 2. The fraction of sp³-hybridized carbons (Fsp3) is 0.700. The lowest BCUT2D eigenvalue weighted by Gasteiger charge is -2.10. The van der Waals surface area contributed by atoms with Crippen LogP contribution in [-0.2, 0) is 23.4 Å². The minimum Gasteiger partial charge on any atom is -0.321 e. The molecule has 1 aliphatic heterocycles. The second-order valence-corrected chi connectivity index (χ2v) is 7.11. The van der Waals surface area contributed by atoms with Crippen molar-refractivity contribution in [1.82, 2.24) is 14.9 Å². The maximum absolute atomic E-state index is 11.6. The van der Waals surface area contributed by atoms with Crippen molar-refractivity contribution in [3.63, 3.8) is 0 Å². The first-order valence-corrected chi connectivity index (χ1v) is 7.68. The van der Waals surface area contributed by atoms with Gasteiger partial charge in [-0.15, -0.1) is 0 Å². The third-order valence-electron chi connectivity index (χ3n) is 3.15. The van der Waals surface area contributed by atoms with Gasteiger partial charge < -0.3 is 9.88 Å². The number of hydrogen-bond acceptors (Lipinski definition) is 4. The molecule has 1 aliphatic rings. The Labute approximate surface area is 106 Å². The van der Waals surface area contributed by atoms with Gasteiger partial charge in [0, 0.05) is 13.6 Å². The van der Waals surface area contributed by atoms with Crippen molar-refractivity contribution in [3.8, 4) is 0 Å². The summed E-state index contributed by atoms with van der Waals surface area (Å²) in [7, 11) is -1.03. The maximum Gasteiger partial charge on any atom is 0.154 e. The Hall–Kier alpha value is -0.590. The minimum absolute atomic E-state index is 0.238. The smallest absolute Gasteiger partial charge is 0.154 e. The van der Waals surface area contributed by atoms with E-state index in [0.717, 1.165) is 18.7 Å². The van der Waals surface area contributed by atoms with Gasteiger partial charge in [0.15, 0.2) is 9.84 Å². The lowest BCUT2D eigenvalue weighted by molar-refractivity contribution is 0.567. The van der Waals surface area contributed by atoms with Gasteiger partial charge in [0.2, 0.25) is 0 Å². The molecule has 0 amide bonds. The summed E-state index contributed by atoms with van der Waals surface area (Å²) in [6.07, 6.45) is 3.13. The molecule has 1 saturated heterocycles. The van der Waals surface area contributed by atoms with E-state index in [1.165, 1.54) is 0 Å². The first kappa shape index (κ1) is 12.9. The predicted molar refractivity (Wildman–Crippen MR) is 66.7 cm³/mol. The van der Waals surface area contributed by atoms with Crippen LogP contribution in [0.2, 0.25) is 5.15 Å². The van der Waals surface area contributed by atoms with Gasteiger partial charge in [-0.3, -0.25) is 0 Å². The molecule has 1 N–H and O–H groups in total. The molecule has 1 aromatic rings. The summed E-state index contributed by atoms with van der Waals surface area (Å²) in [4.78, 5) is 4.13. The molecule has 1 aromatic heterocycles.